The molecule has 4 aromatic rings. The second-order valence-electron chi connectivity index (χ2n) is 25.3. The van der Waals surface area contributed by atoms with Crippen LogP contribution in [0.3, 0.4) is 0 Å². The molecular formula is C68H91ClN16O15. The van der Waals surface area contributed by atoms with Gasteiger partial charge in [-0.15, -0.1) is 0 Å². The number of aliphatic hydroxyl groups excluding tert-OH is 1. The number of fused-ring (bicyclic) bond motifs is 1. The lowest BCUT2D eigenvalue weighted by Crippen LogP contribution is -2.61. The van der Waals surface area contributed by atoms with Gasteiger partial charge in [-0.2, -0.15) is 0 Å². The van der Waals surface area contributed by atoms with Crippen molar-refractivity contribution in [1.29, 1.82) is 0 Å². The number of hydrogen-bond acceptors (Lipinski definition) is 16. The van der Waals surface area contributed by atoms with E-state index in [0.29, 0.717) is 28.1 Å². The number of carbonyl (C=O) groups excluding carboxylic acids is 13. The molecule has 19 N–H and O–H groups in total. The molecule has 0 aliphatic carbocycles. The van der Waals surface area contributed by atoms with Crippen molar-refractivity contribution in [2.75, 3.05) is 26.2 Å². The third-order valence-corrected chi connectivity index (χ3v) is 16.9. The van der Waals surface area contributed by atoms with E-state index >= 15 is 9.59 Å². The van der Waals surface area contributed by atoms with Crippen molar-refractivity contribution in [2.24, 2.45) is 28.1 Å². The lowest BCUT2D eigenvalue weighted by atomic mass is 9.98. The van der Waals surface area contributed by atoms with E-state index in [-0.39, 0.29) is 95.0 Å². The average molecular weight is 1410 g/mol. The molecule has 2 saturated heterocycles. The maximum Gasteiger partial charge on any atom is 0.245 e. The first-order valence-electron chi connectivity index (χ1n) is 33.0. The van der Waals surface area contributed by atoms with E-state index in [1.807, 2.05) is 30.3 Å². The number of nitrogens with zero attached hydrogens (tertiary/aromatic N) is 2. The average Bonchev–Trinajstić information content (AvgIpc) is 1.50. The van der Waals surface area contributed by atoms with Crippen molar-refractivity contribution in [1.82, 2.24) is 63.4 Å². The van der Waals surface area contributed by atoms with Crippen LogP contribution in [-0.4, -0.2) is 191 Å². The van der Waals surface area contributed by atoms with Gasteiger partial charge in [0.05, 0.1) is 13.0 Å². The SMILES string of the molecule is CC(=O)NC1CC(=O)NC(C)C(=O)N[C@@H](C(=O)N[C@@H](CO)C(=O)N[C@@H](Cc2ccc(O)cc2)C(=O)NC(Cc2ccc3ccccc3c2)C(=O)N[C@H](CC(C)C)C(=O)N[C@@H](CCCN=C(N)N)C(=O)N2CCC[C@@H]2C(=O)NC(C)C(N)=O)CCCNC(=O)[C@@H](Cc2ccc(Cl)cc2)NC1=O. The number of primary amides is 1. The van der Waals surface area contributed by atoms with Gasteiger partial charge in [-0.25, -0.2) is 0 Å². The molecule has 4 aromatic carbocycles. The van der Waals surface area contributed by atoms with E-state index in [0.717, 1.165) is 17.7 Å². The summed E-state index contributed by atoms with van der Waals surface area (Å²) < 4.78 is 0. The Morgan fingerprint density at radius 2 is 1.26 bits per heavy atom. The Labute approximate surface area is 583 Å². The Morgan fingerprint density at radius 1 is 0.660 bits per heavy atom. The minimum absolute atomic E-state index is 0.00198. The van der Waals surface area contributed by atoms with Crippen LogP contribution in [0.2, 0.25) is 5.02 Å². The lowest BCUT2D eigenvalue weighted by molar-refractivity contribution is -0.142. The Morgan fingerprint density at radius 3 is 1.89 bits per heavy atom. The standard InChI is InChI=1S/C68H91ClN16O15/c1-36(2)29-49(61(94)79-48(14-9-27-74-68(71)72)67(100)85-28-10-15-55(85)66(99)76-37(3)57(70)90)80-63(96)52(33-42-16-21-43-11-6-7-12-44(43)30-42)82-62(95)51(32-41-19-24-46(88)25-20-41)83-65(98)54(35-86)84-60(93)47-13-8-26-73-59(92)50(31-40-17-22-45(69)23-18-40)81-64(97)53(77-39(5)87)34-56(89)75-38(4)58(91)78-47/h6-7,11-12,16-25,30,36-38,47-55,86,88H,8-10,13-15,26-29,31-35H2,1-5H3,(H2,70,90)(H,73,92)(H,75,89)(H,76,99)(H,77,87)(H,78,91)(H,79,94)(H,80,96)(H,81,97)(H,82,95)(H,83,98)(H,84,93)(H4,71,72,74)/t37?,38?,47-,48+,49-,50-,51+,52?,53?,54+,55-/m1/s1. The first-order chi connectivity index (χ1) is 47.5. The number of phenols is 1. The number of carbonyl (C=O) groups is 13. The highest BCUT2D eigenvalue weighted by Gasteiger charge is 2.40. The molecule has 13 amide bonds. The molecule has 0 radical (unpaired) electrons. The molecule has 2 aliphatic heterocycles. The zero-order valence-corrected chi connectivity index (χ0v) is 57.2. The number of aromatic hydroxyl groups is 1. The molecule has 2 heterocycles. The fourth-order valence-electron chi connectivity index (χ4n) is 11.3. The summed E-state index contributed by atoms with van der Waals surface area (Å²) in [5, 5.41) is 51.6. The van der Waals surface area contributed by atoms with Crippen LogP contribution in [0.4, 0.5) is 0 Å². The summed E-state index contributed by atoms with van der Waals surface area (Å²) in [7, 11) is 0. The molecule has 31 nitrogen and oxygen atoms in total. The summed E-state index contributed by atoms with van der Waals surface area (Å²) in [6.07, 6.45) is -0.688. The molecule has 0 spiro atoms. The van der Waals surface area contributed by atoms with E-state index < -0.39 is 156 Å². The van der Waals surface area contributed by atoms with Crippen molar-refractivity contribution < 1.29 is 72.5 Å². The molecule has 2 aliphatic rings. The highest BCUT2D eigenvalue weighted by atomic mass is 35.5. The van der Waals surface area contributed by atoms with Crippen LogP contribution in [0, 0.1) is 5.92 Å². The van der Waals surface area contributed by atoms with Crippen LogP contribution in [0.15, 0.2) is 96.0 Å². The smallest absolute Gasteiger partial charge is 0.245 e. The van der Waals surface area contributed by atoms with E-state index in [1.165, 1.54) is 43.0 Å². The molecule has 0 saturated carbocycles. The minimum atomic E-state index is -1.84. The van der Waals surface area contributed by atoms with Gasteiger partial charge < -0.3 is 90.8 Å². The van der Waals surface area contributed by atoms with Crippen LogP contribution in [0.5, 0.6) is 5.75 Å². The summed E-state index contributed by atoms with van der Waals surface area (Å²) in [5.41, 5.74) is 18.1. The monoisotopic (exact) mass is 1410 g/mol. The van der Waals surface area contributed by atoms with E-state index in [9.17, 15) is 63.0 Å². The minimum Gasteiger partial charge on any atom is -0.508 e. The molecule has 2 fully saturated rings. The van der Waals surface area contributed by atoms with Gasteiger partial charge in [0.15, 0.2) is 5.96 Å². The van der Waals surface area contributed by atoms with Crippen molar-refractivity contribution >= 4 is 105 Å². The van der Waals surface area contributed by atoms with Crippen LogP contribution < -0.4 is 75.7 Å². The van der Waals surface area contributed by atoms with E-state index in [1.54, 1.807) is 50.2 Å². The van der Waals surface area contributed by atoms with Crippen molar-refractivity contribution in [3.8, 4) is 5.75 Å². The largest absolute Gasteiger partial charge is 0.508 e. The molecular weight excluding hydrogens is 1320 g/mol. The van der Waals surface area contributed by atoms with E-state index in [4.69, 9.17) is 28.8 Å². The Hall–Kier alpha value is -10.4. The molecule has 4 unspecified atom stereocenters. The Kier molecular flexibility index (Phi) is 29.9. The second kappa shape index (κ2) is 38.1. The van der Waals surface area contributed by atoms with Gasteiger partial charge >= 0.3 is 0 Å². The Balaban J connectivity index is 1.27. The highest BCUT2D eigenvalue weighted by Crippen LogP contribution is 2.22. The number of aliphatic imine (C=N–C) groups is 1. The van der Waals surface area contributed by atoms with Gasteiger partial charge in [0, 0.05) is 50.8 Å². The van der Waals surface area contributed by atoms with Crippen LogP contribution in [0.1, 0.15) is 103 Å². The van der Waals surface area contributed by atoms with Gasteiger partial charge in [0.1, 0.15) is 72.2 Å². The van der Waals surface area contributed by atoms with Gasteiger partial charge in [0.25, 0.3) is 0 Å². The molecule has 11 atom stereocenters. The van der Waals surface area contributed by atoms with Crippen LogP contribution in [-0.2, 0) is 81.6 Å². The quantitative estimate of drug-likeness (QED) is 0.0166. The molecule has 32 heteroatoms. The third kappa shape index (κ3) is 24.5. The molecule has 0 bridgehead atoms. The first-order valence-corrected chi connectivity index (χ1v) is 33.4. The van der Waals surface area contributed by atoms with Crippen LogP contribution >= 0.6 is 11.6 Å². The molecule has 0 aromatic heterocycles. The normalized spacial score (nSPS) is 19.4. The number of guanidine groups is 1. The summed E-state index contributed by atoms with van der Waals surface area (Å²) in [5.74, 6) is -11.5. The number of aliphatic hydroxyl groups is 1. The number of nitrogens with two attached hydrogens (primary N) is 3. The Bertz CT molecular complexity index is 3630. The number of nitrogens with one attached hydrogen (secondary N) is 11. The zero-order chi connectivity index (χ0) is 73.3. The number of rotatable bonds is 28. The third-order valence-electron chi connectivity index (χ3n) is 16.7. The maximum atomic E-state index is 15.1. The number of likely N-dealkylation sites (tertiary alicyclic amines) is 1. The maximum absolute atomic E-state index is 15.1. The fourth-order valence-corrected chi connectivity index (χ4v) is 11.5. The molecule has 100 heavy (non-hydrogen) atoms. The predicted molar refractivity (Wildman–Crippen MR) is 368 cm³/mol. The van der Waals surface area contributed by atoms with Gasteiger partial charge in [-0.3, -0.25) is 67.3 Å². The summed E-state index contributed by atoms with van der Waals surface area (Å²) in [6.45, 7) is 6.36. The summed E-state index contributed by atoms with van der Waals surface area (Å²) >= 11 is 6.09. The number of phenolic OH excluding ortho intramolecular Hbond substituents is 1. The topological polar surface area (TPSA) is 488 Å². The molecule has 6 rings (SSSR count). The number of amides is 13. The summed E-state index contributed by atoms with van der Waals surface area (Å²) in [4.78, 5) is 186. The van der Waals surface area contributed by atoms with E-state index in [2.05, 4.69) is 63.5 Å². The fraction of sp³-hybridized carbons (Fsp3) is 0.471. The predicted octanol–water partition coefficient (Wildman–Crippen LogP) is -2.00. The molecule has 540 valence electrons. The van der Waals surface area contributed by atoms with Crippen molar-refractivity contribution in [3.05, 3.63) is 113 Å². The lowest BCUT2D eigenvalue weighted by Gasteiger charge is -2.31. The van der Waals surface area contributed by atoms with Crippen LogP contribution in [0.25, 0.3) is 10.8 Å². The number of halogens is 1. The van der Waals surface area contributed by atoms with Gasteiger partial charge in [0.2, 0.25) is 76.8 Å². The van der Waals surface area contributed by atoms with Gasteiger partial charge in [-0.05, 0) is 116 Å². The highest BCUT2D eigenvalue weighted by molar-refractivity contribution is 6.30. The van der Waals surface area contributed by atoms with Gasteiger partial charge in [-0.1, -0.05) is 92.2 Å². The first kappa shape index (κ1) is 78.6. The van der Waals surface area contributed by atoms with Crippen molar-refractivity contribution in [3.63, 3.8) is 0 Å². The number of hydrogen-bond donors (Lipinski definition) is 16. The second-order valence-corrected chi connectivity index (χ2v) is 25.7. The van der Waals surface area contributed by atoms with Crippen molar-refractivity contribution in [2.45, 2.75) is 172 Å². The zero-order valence-electron chi connectivity index (χ0n) is 56.4. The number of benzene rings is 4. The summed E-state index contributed by atoms with van der Waals surface area (Å²) in [6, 6.07) is 9.41.